The molecule has 0 radical (unpaired) electrons. The topological polar surface area (TPSA) is 68.2 Å². The quantitative estimate of drug-likeness (QED) is 0.337. The Hall–Kier alpha value is -4.32. The highest BCUT2D eigenvalue weighted by Crippen LogP contribution is 2.35. The highest BCUT2D eigenvalue weighted by Gasteiger charge is 2.26. The van der Waals surface area contributed by atoms with Gasteiger partial charge in [-0.05, 0) is 54.3 Å². The number of nitrogens with zero attached hydrogens (tertiary/aromatic N) is 4. The molecule has 3 heterocycles. The molecule has 1 aliphatic heterocycles. The van der Waals surface area contributed by atoms with E-state index in [4.69, 9.17) is 9.72 Å². The van der Waals surface area contributed by atoms with Crippen molar-refractivity contribution >= 4 is 12.0 Å². The van der Waals surface area contributed by atoms with E-state index in [2.05, 4.69) is 22.1 Å². The first-order chi connectivity index (χ1) is 17.7. The average molecular weight is 477 g/mol. The molecule has 4 aromatic rings. The normalized spacial score (nSPS) is 14.2. The van der Waals surface area contributed by atoms with Gasteiger partial charge in [0, 0.05) is 54.8 Å². The van der Waals surface area contributed by atoms with Crippen LogP contribution in [-0.2, 0) is 4.79 Å². The van der Waals surface area contributed by atoms with Crippen molar-refractivity contribution in [2.45, 2.75) is 18.8 Å². The molecule has 180 valence electrons. The zero-order valence-electron chi connectivity index (χ0n) is 20.2. The van der Waals surface area contributed by atoms with Crippen molar-refractivity contribution in [3.63, 3.8) is 0 Å². The van der Waals surface area contributed by atoms with E-state index in [9.17, 15) is 4.79 Å². The van der Waals surface area contributed by atoms with Crippen molar-refractivity contribution in [3.05, 3.63) is 103 Å². The van der Waals surface area contributed by atoms with Gasteiger partial charge in [0.2, 0.25) is 5.91 Å². The molecule has 0 bridgehead atoms. The number of aromatic nitrogens is 3. The summed E-state index contributed by atoms with van der Waals surface area (Å²) in [6.45, 7) is 1.38. The van der Waals surface area contributed by atoms with Gasteiger partial charge in [-0.3, -0.25) is 9.78 Å². The average Bonchev–Trinajstić information content (AvgIpc) is 2.97. The number of amides is 1. The molecular formula is C30H28N4O2. The Balaban J connectivity index is 1.33. The van der Waals surface area contributed by atoms with Crippen LogP contribution in [0.2, 0.25) is 0 Å². The molecule has 1 aliphatic rings. The van der Waals surface area contributed by atoms with E-state index in [-0.39, 0.29) is 11.8 Å². The predicted octanol–water partition coefficient (Wildman–Crippen LogP) is 5.63. The van der Waals surface area contributed by atoms with Gasteiger partial charge in [0.05, 0.1) is 12.8 Å². The number of methoxy groups -OCH3 is 1. The van der Waals surface area contributed by atoms with E-state index >= 15 is 0 Å². The fourth-order valence-electron chi connectivity index (χ4n) is 4.54. The van der Waals surface area contributed by atoms with E-state index < -0.39 is 0 Å². The van der Waals surface area contributed by atoms with Crippen LogP contribution in [0.15, 0.2) is 91.4 Å². The maximum Gasteiger partial charge on any atom is 0.246 e. The van der Waals surface area contributed by atoms with Crippen molar-refractivity contribution in [1.29, 1.82) is 0 Å². The minimum Gasteiger partial charge on any atom is -0.497 e. The standard InChI is InChI=1S/C30H28N4O2/c1-36-26-12-9-22(10-13-26)11-14-28(35)34-18-15-24(16-19-34)29-27(23-6-3-2-4-7-23)21-32-30(33-29)25-8-5-17-31-20-25/h2-14,17,20-21,24H,15-16,18-19H2,1H3/b14-11+. The second kappa shape index (κ2) is 11.0. The number of benzene rings is 2. The van der Waals surface area contributed by atoms with Crippen molar-refractivity contribution in [3.8, 4) is 28.3 Å². The second-order valence-electron chi connectivity index (χ2n) is 8.81. The maximum absolute atomic E-state index is 12.8. The fraction of sp³-hybridized carbons (Fsp3) is 0.200. The van der Waals surface area contributed by atoms with Crippen LogP contribution in [0.3, 0.4) is 0 Å². The van der Waals surface area contributed by atoms with Gasteiger partial charge < -0.3 is 9.64 Å². The van der Waals surface area contributed by atoms with E-state index in [1.807, 2.05) is 71.8 Å². The summed E-state index contributed by atoms with van der Waals surface area (Å²) in [5.41, 5.74) is 5.06. The molecule has 6 heteroatoms. The van der Waals surface area contributed by atoms with Gasteiger partial charge in [-0.1, -0.05) is 42.5 Å². The molecule has 0 saturated carbocycles. The van der Waals surface area contributed by atoms with Gasteiger partial charge >= 0.3 is 0 Å². The third-order valence-electron chi connectivity index (χ3n) is 6.55. The molecule has 0 unspecified atom stereocenters. The van der Waals surface area contributed by atoms with Crippen LogP contribution >= 0.6 is 0 Å². The summed E-state index contributed by atoms with van der Waals surface area (Å²) >= 11 is 0. The zero-order chi connectivity index (χ0) is 24.7. The summed E-state index contributed by atoms with van der Waals surface area (Å²) in [5, 5.41) is 0. The number of piperidine rings is 1. The van der Waals surface area contributed by atoms with Crippen LogP contribution in [0, 0.1) is 0 Å². The molecule has 6 nitrogen and oxygen atoms in total. The van der Waals surface area contributed by atoms with E-state index in [1.165, 1.54) is 0 Å². The number of hydrogen-bond donors (Lipinski definition) is 0. The number of carbonyl (C=O) groups excluding carboxylic acids is 1. The summed E-state index contributed by atoms with van der Waals surface area (Å²) < 4.78 is 5.19. The Labute approximate surface area is 211 Å². The Morgan fingerprint density at radius 3 is 2.39 bits per heavy atom. The summed E-state index contributed by atoms with van der Waals surface area (Å²) in [6, 6.07) is 21.8. The van der Waals surface area contributed by atoms with Gasteiger partial charge in [0.25, 0.3) is 0 Å². The lowest BCUT2D eigenvalue weighted by atomic mass is 9.88. The first-order valence-corrected chi connectivity index (χ1v) is 12.1. The SMILES string of the molecule is COc1ccc(/C=C/C(=O)N2CCC(c3nc(-c4cccnc4)ncc3-c3ccccc3)CC2)cc1. The van der Waals surface area contributed by atoms with E-state index in [0.29, 0.717) is 18.9 Å². The van der Waals surface area contributed by atoms with E-state index in [1.54, 1.807) is 25.6 Å². The fourth-order valence-corrected chi connectivity index (χ4v) is 4.54. The van der Waals surface area contributed by atoms with Gasteiger partial charge in [-0.2, -0.15) is 0 Å². The number of carbonyl (C=O) groups is 1. The van der Waals surface area contributed by atoms with Crippen molar-refractivity contribution in [2.75, 3.05) is 20.2 Å². The summed E-state index contributed by atoms with van der Waals surface area (Å²) in [7, 11) is 1.64. The molecule has 5 rings (SSSR count). The maximum atomic E-state index is 12.8. The van der Waals surface area contributed by atoms with Gasteiger partial charge in [0.15, 0.2) is 5.82 Å². The molecule has 2 aromatic heterocycles. The van der Waals surface area contributed by atoms with Crippen molar-refractivity contribution < 1.29 is 9.53 Å². The molecule has 1 amide bonds. The lowest BCUT2D eigenvalue weighted by molar-refractivity contribution is -0.126. The molecule has 1 fully saturated rings. The number of likely N-dealkylation sites (tertiary alicyclic amines) is 1. The van der Waals surface area contributed by atoms with Crippen LogP contribution in [0.4, 0.5) is 0 Å². The molecule has 36 heavy (non-hydrogen) atoms. The summed E-state index contributed by atoms with van der Waals surface area (Å²) in [6.07, 6.45) is 10.7. The van der Waals surface area contributed by atoms with Gasteiger partial charge in [-0.25, -0.2) is 9.97 Å². The Morgan fingerprint density at radius 2 is 1.69 bits per heavy atom. The van der Waals surface area contributed by atoms with Crippen LogP contribution in [0.1, 0.15) is 30.0 Å². The van der Waals surface area contributed by atoms with Gasteiger partial charge in [0.1, 0.15) is 5.75 Å². The molecule has 0 N–H and O–H groups in total. The van der Waals surface area contributed by atoms with E-state index in [0.717, 1.165) is 46.5 Å². The monoisotopic (exact) mass is 476 g/mol. The molecule has 0 atom stereocenters. The lowest BCUT2D eigenvalue weighted by Crippen LogP contribution is -2.37. The zero-order valence-corrected chi connectivity index (χ0v) is 20.2. The molecule has 0 spiro atoms. The van der Waals surface area contributed by atoms with Crippen molar-refractivity contribution in [1.82, 2.24) is 19.9 Å². The first-order valence-electron chi connectivity index (χ1n) is 12.1. The minimum absolute atomic E-state index is 0.0336. The third kappa shape index (κ3) is 5.33. The smallest absolute Gasteiger partial charge is 0.246 e. The number of rotatable bonds is 6. The number of hydrogen-bond acceptors (Lipinski definition) is 5. The van der Waals surface area contributed by atoms with Crippen LogP contribution in [-0.4, -0.2) is 46.0 Å². The molecule has 0 aliphatic carbocycles. The highest BCUT2D eigenvalue weighted by atomic mass is 16.5. The largest absolute Gasteiger partial charge is 0.497 e. The second-order valence-corrected chi connectivity index (χ2v) is 8.81. The lowest BCUT2D eigenvalue weighted by Gasteiger charge is -2.32. The molecular weight excluding hydrogens is 448 g/mol. The Kier molecular flexibility index (Phi) is 7.12. The Morgan fingerprint density at radius 1 is 0.944 bits per heavy atom. The van der Waals surface area contributed by atoms with Crippen LogP contribution in [0.25, 0.3) is 28.6 Å². The third-order valence-corrected chi connectivity index (χ3v) is 6.55. The molecule has 1 saturated heterocycles. The predicted molar refractivity (Wildman–Crippen MR) is 141 cm³/mol. The first kappa shape index (κ1) is 23.4. The Bertz CT molecular complexity index is 1330. The molecule has 2 aromatic carbocycles. The minimum atomic E-state index is 0.0336. The highest BCUT2D eigenvalue weighted by molar-refractivity contribution is 5.91. The number of ether oxygens (including phenoxy) is 1. The number of pyridine rings is 1. The van der Waals surface area contributed by atoms with Crippen molar-refractivity contribution in [2.24, 2.45) is 0 Å². The summed E-state index contributed by atoms with van der Waals surface area (Å²) in [4.78, 5) is 28.7. The summed E-state index contributed by atoms with van der Waals surface area (Å²) in [5.74, 6) is 1.75. The van der Waals surface area contributed by atoms with Crippen LogP contribution < -0.4 is 4.74 Å². The van der Waals surface area contributed by atoms with Gasteiger partial charge in [-0.15, -0.1) is 0 Å². The van der Waals surface area contributed by atoms with Crippen LogP contribution in [0.5, 0.6) is 5.75 Å².